The average Bonchev–Trinajstić information content (AvgIpc) is 2.14. The third kappa shape index (κ3) is 5.19. The second-order valence-corrected chi connectivity index (χ2v) is 5.80. The van der Waals surface area contributed by atoms with Crippen molar-refractivity contribution >= 4 is 10.2 Å². The van der Waals surface area contributed by atoms with Gasteiger partial charge in [0.05, 0.1) is 0 Å². The highest BCUT2D eigenvalue weighted by atomic mass is 32.2. The minimum atomic E-state index is -4.58. The van der Waals surface area contributed by atoms with E-state index in [2.05, 4.69) is 0 Å². The molecule has 17 heavy (non-hydrogen) atoms. The Labute approximate surface area is 99.3 Å². The van der Waals surface area contributed by atoms with Gasteiger partial charge in [0, 0.05) is 18.6 Å². The molecule has 0 fully saturated rings. The van der Waals surface area contributed by atoms with Crippen LogP contribution in [0.15, 0.2) is 0 Å². The highest BCUT2D eigenvalue weighted by molar-refractivity contribution is 7.87. The van der Waals surface area contributed by atoms with E-state index >= 15 is 0 Å². The van der Waals surface area contributed by atoms with E-state index in [0.717, 1.165) is 4.31 Å². The number of nitrogens with two attached hydrogens (primary N) is 1. The molecule has 0 radical (unpaired) electrons. The van der Waals surface area contributed by atoms with Gasteiger partial charge in [0.15, 0.2) is 0 Å². The summed E-state index contributed by atoms with van der Waals surface area (Å²) >= 11 is 0. The minimum Gasteiger partial charge on any atom is -0.329 e. The Balaban J connectivity index is 4.90. The Morgan fingerprint density at radius 3 is 2.06 bits per heavy atom. The maximum absolute atomic E-state index is 12.0. The minimum absolute atomic E-state index is 0.00771. The van der Waals surface area contributed by atoms with E-state index in [-0.39, 0.29) is 13.1 Å². The zero-order valence-electron chi connectivity index (χ0n) is 10.0. The number of nitrogens with zero attached hydrogens (tertiary/aromatic N) is 1. The summed E-state index contributed by atoms with van der Waals surface area (Å²) in [5.41, 5.74) is 4.47. The first-order chi connectivity index (χ1) is 7.46. The summed E-state index contributed by atoms with van der Waals surface area (Å²) in [6, 6.07) is 0. The van der Waals surface area contributed by atoms with Crippen molar-refractivity contribution in [3.63, 3.8) is 0 Å². The summed E-state index contributed by atoms with van der Waals surface area (Å²) in [6.45, 7) is 3.08. The maximum Gasteiger partial charge on any atom is 0.402 e. The molecule has 0 aliphatic heterocycles. The molecule has 0 heterocycles. The molecule has 0 unspecified atom stereocenters. The number of alkyl halides is 3. The van der Waals surface area contributed by atoms with Crippen LogP contribution < -0.4 is 10.5 Å². The van der Waals surface area contributed by atoms with Crippen molar-refractivity contribution in [1.29, 1.82) is 0 Å². The molecule has 0 saturated heterocycles. The van der Waals surface area contributed by atoms with Crippen molar-refractivity contribution in [2.75, 3.05) is 19.6 Å². The lowest BCUT2D eigenvalue weighted by Crippen LogP contribution is -2.56. The lowest BCUT2D eigenvalue weighted by atomic mass is 10.1. The van der Waals surface area contributed by atoms with Gasteiger partial charge < -0.3 is 5.73 Å². The molecule has 9 heteroatoms. The van der Waals surface area contributed by atoms with Gasteiger partial charge in [-0.1, -0.05) is 6.92 Å². The molecule has 0 amide bonds. The molecule has 0 rings (SSSR count). The first-order valence-electron chi connectivity index (χ1n) is 5.00. The zero-order valence-corrected chi connectivity index (χ0v) is 10.8. The van der Waals surface area contributed by atoms with Crippen LogP contribution in [0.3, 0.4) is 0 Å². The van der Waals surface area contributed by atoms with Crippen molar-refractivity contribution in [2.45, 2.75) is 32.5 Å². The van der Waals surface area contributed by atoms with E-state index in [4.69, 9.17) is 5.73 Å². The first-order valence-corrected chi connectivity index (χ1v) is 6.44. The molecule has 0 aromatic rings. The fourth-order valence-electron chi connectivity index (χ4n) is 1.28. The number of halogens is 3. The largest absolute Gasteiger partial charge is 0.402 e. The molecule has 104 valence electrons. The summed E-state index contributed by atoms with van der Waals surface area (Å²) < 4.78 is 61.6. The van der Waals surface area contributed by atoms with Crippen molar-refractivity contribution in [1.82, 2.24) is 9.03 Å². The molecule has 0 aromatic carbocycles. The van der Waals surface area contributed by atoms with E-state index in [9.17, 15) is 21.6 Å². The quantitative estimate of drug-likeness (QED) is 0.740. The monoisotopic (exact) mass is 277 g/mol. The van der Waals surface area contributed by atoms with Crippen LogP contribution in [0, 0.1) is 0 Å². The molecule has 0 aliphatic carbocycles. The fourth-order valence-corrected chi connectivity index (χ4v) is 2.84. The van der Waals surface area contributed by atoms with Crippen LogP contribution in [-0.4, -0.2) is 44.1 Å². The topological polar surface area (TPSA) is 75.4 Å². The van der Waals surface area contributed by atoms with Gasteiger partial charge in [-0.05, 0) is 13.8 Å². The number of hydrogen-bond acceptors (Lipinski definition) is 3. The van der Waals surface area contributed by atoms with Gasteiger partial charge in [-0.3, -0.25) is 0 Å². The van der Waals surface area contributed by atoms with Crippen LogP contribution in [0.25, 0.3) is 0 Å². The SMILES string of the molecule is CCN(C(C)(C)CN)S(=O)(=O)NCC(F)(F)F. The molecule has 0 spiro atoms. The molecule has 0 atom stereocenters. The van der Waals surface area contributed by atoms with Gasteiger partial charge in [0.1, 0.15) is 6.54 Å². The lowest BCUT2D eigenvalue weighted by molar-refractivity contribution is -0.121. The summed E-state index contributed by atoms with van der Waals surface area (Å²) in [5, 5.41) is 0. The maximum atomic E-state index is 12.0. The van der Waals surface area contributed by atoms with Gasteiger partial charge in [-0.2, -0.15) is 30.6 Å². The number of likely N-dealkylation sites (N-methyl/N-ethyl adjacent to an activating group) is 1. The molecule has 5 nitrogen and oxygen atoms in total. The first kappa shape index (κ1) is 16.6. The smallest absolute Gasteiger partial charge is 0.329 e. The summed E-state index contributed by atoms with van der Waals surface area (Å²) in [4.78, 5) is 0. The number of hydrogen-bond donors (Lipinski definition) is 2. The van der Waals surface area contributed by atoms with E-state index in [1.165, 1.54) is 11.6 Å². The Morgan fingerprint density at radius 2 is 1.76 bits per heavy atom. The summed E-state index contributed by atoms with van der Waals surface area (Å²) in [7, 11) is -4.19. The van der Waals surface area contributed by atoms with Crippen molar-refractivity contribution < 1.29 is 21.6 Å². The van der Waals surface area contributed by atoms with E-state index in [0.29, 0.717) is 0 Å². The van der Waals surface area contributed by atoms with E-state index in [1.54, 1.807) is 13.8 Å². The zero-order chi connectivity index (χ0) is 13.9. The average molecular weight is 277 g/mol. The third-order valence-electron chi connectivity index (χ3n) is 2.21. The van der Waals surface area contributed by atoms with Crippen molar-refractivity contribution in [2.24, 2.45) is 5.73 Å². The molecule has 0 aliphatic rings. The van der Waals surface area contributed by atoms with Gasteiger partial charge in [-0.15, -0.1) is 0 Å². The molecule has 0 aromatic heterocycles. The molecular formula is C8H18F3N3O2S. The van der Waals surface area contributed by atoms with E-state index < -0.39 is 28.5 Å². The van der Waals surface area contributed by atoms with Crippen LogP contribution in [-0.2, 0) is 10.2 Å². The van der Waals surface area contributed by atoms with Crippen LogP contribution in [0.2, 0.25) is 0 Å². The normalized spacial score (nSPS) is 14.4. The van der Waals surface area contributed by atoms with Crippen LogP contribution in [0.4, 0.5) is 13.2 Å². The fraction of sp³-hybridized carbons (Fsp3) is 1.00. The van der Waals surface area contributed by atoms with Crippen LogP contribution in [0.1, 0.15) is 20.8 Å². The molecule has 3 N–H and O–H groups in total. The highest BCUT2D eigenvalue weighted by Gasteiger charge is 2.37. The van der Waals surface area contributed by atoms with Crippen molar-refractivity contribution in [3.05, 3.63) is 0 Å². The molecular weight excluding hydrogens is 259 g/mol. The lowest BCUT2D eigenvalue weighted by Gasteiger charge is -2.35. The summed E-state index contributed by atoms with van der Waals surface area (Å²) in [5.74, 6) is 0. The predicted octanol–water partition coefficient (Wildman–Crippen LogP) is 0.442. The van der Waals surface area contributed by atoms with Gasteiger partial charge in [-0.25, -0.2) is 0 Å². The van der Waals surface area contributed by atoms with Gasteiger partial charge in [0.25, 0.3) is 10.2 Å². The second-order valence-electron chi connectivity index (χ2n) is 4.12. The standard InChI is InChI=1S/C8H18F3N3O2S/c1-4-14(7(2,3)5-12)17(15,16)13-6-8(9,10)11/h13H,4-6,12H2,1-3H3. The molecule has 0 saturated carbocycles. The van der Waals surface area contributed by atoms with E-state index in [1.807, 2.05) is 0 Å². The van der Waals surface area contributed by atoms with Crippen molar-refractivity contribution in [3.8, 4) is 0 Å². The predicted molar refractivity (Wildman–Crippen MR) is 58.5 cm³/mol. The third-order valence-corrected chi connectivity index (χ3v) is 4.05. The van der Waals surface area contributed by atoms with Crippen LogP contribution >= 0.6 is 0 Å². The number of rotatable bonds is 6. The Morgan fingerprint density at radius 1 is 1.29 bits per heavy atom. The Kier molecular flexibility index (Phi) is 5.38. The second kappa shape index (κ2) is 5.51. The van der Waals surface area contributed by atoms with Crippen LogP contribution in [0.5, 0.6) is 0 Å². The molecule has 0 bridgehead atoms. The van der Waals surface area contributed by atoms with Gasteiger partial charge in [0.2, 0.25) is 0 Å². The Hall–Kier alpha value is -0.380. The Bertz CT molecular complexity index is 340. The highest BCUT2D eigenvalue weighted by Crippen LogP contribution is 2.18. The summed E-state index contributed by atoms with van der Waals surface area (Å²) in [6.07, 6.45) is -4.58. The van der Waals surface area contributed by atoms with Gasteiger partial charge >= 0.3 is 6.18 Å². The number of nitrogens with one attached hydrogen (secondary N) is 1.